The Morgan fingerprint density at radius 1 is 1.15 bits per heavy atom. The molecule has 1 atom stereocenters. The van der Waals surface area contributed by atoms with Crippen LogP contribution in [0, 0.1) is 5.82 Å². The van der Waals surface area contributed by atoms with Crippen LogP contribution in [-0.2, 0) is 0 Å². The predicted octanol–water partition coefficient (Wildman–Crippen LogP) is 5.01. The fourth-order valence-corrected chi connectivity index (χ4v) is 2.41. The first-order valence-corrected chi connectivity index (χ1v) is 7.42. The first-order valence-electron chi connectivity index (χ1n) is 5.88. The van der Waals surface area contributed by atoms with Crippen LogP contribution in [0.15, 0.2) is 40.9 Å². The zero-order chi connectivity index (χ0) is 14.7. The molecule has 0 saturated heterocycles. The fourth-order valence-electron chi connectivity index (χ4n) is 1.79. The lowest BCUT2D eigenvalue weighted by atomic mass is 10.1. The van der Waals surface area contributed by atoms with Crippen molar-refractivity contribution in [2.24, 2.45) is 5.73 Å². The Balaban J connectivity index is 2.23. The second-order valence-corrected chi connectivity index (χ2v) is 5.90. The molecule has 20 heavy (non-hydrogen) atoms. The number of benzene rings is 2. The molecule has 1 unspecified atom stereocenters. The highest BCUT2D eigenvalue weighted by Gasteiger charge is 2.12. The Morgan fingerprint density at radius 3 is 2.50 bits per heavy atom. The van der Waals surface area contributed by atoms with Gasteiger partial charge in [0.25, 0.3) is 0 Å². The summed E-state index contributed by atoms with van der Waals surface area (Å²) in [6, 6.07) is 9.90. The highest BCUT2D eigenvalue weighted by Crippen LogP contribution is 2.28. The molecule has 0 aliphatic heterocycles. The molecule has 3 N–H and O–H groups in total. The van der Waals surface area contributed by atoms with E-state index in [9.17, 15) is 4.39 Å². The lowest BCUT2D eigenvalue weighted by molar-refractivity contribution is 0.626. The molecule has 0 spiro atoms. The zero-order valence-corrected chi connectivity index (χ0v) is 13.4. The second-order valence-electron chi connectivity index (χ2n) is 4.24. The Bertz CT molecular complexity index is 622. The fraction of sp³-hybridized carbons (Fsp3) is 0.143. The number of hydrogen-bond donors (Lipinski definition) is 2. The summed E-state index contributed by atoms with van der Waals surface area (Å²) in [5, 5.41) is 3.93. The molecule has 2 rings (SSSR count). The highest BCUT2D eigenvalue weighted by molar-refractivity contribution is 9.10. The third-order valence-corrected chi connectivity index (χ3v) is 4.36. The average molecular weight is 378 g/mol. The number of rotatable bonds is 4. The van der Waals surface area contributed by atoms with Crippen molar-refractivity contribution in [2.75, 3.05) is 11.9 Å². The third kappa shape index (κ3) is 3.64. The average Bonchev–Trinajstić information content (AvgIpc) is 2.43. The summed E-state index contributed by atoms with van der Waals surface area (Å²) in [4.78, 5) is 0. The molecule has 0 radical (unpaired) electrons. The summed E-state index contributed by atoms with van der Waals surface area (Å²) in [7, 11) is 0. The summed E-state index contributed by atoms with van der Waals surface area (Å²) < 4.78 is 14.0. The standard InChI is InChI=1S/C14H12BrCl2FN2/c15-10-3-2-9(6-11(10)16)20-14(7-19)8-1-4-13(18)12(17)5-8/h1-6,14,20H,7,19H2. The van der Waals surface area contributed by atoms with E-state index in [4.69, 9.17) is 28.9 Å². The van der Waals surface area contributed by atoms with Gasteiger partial charge in [0.15, 0.2) is 0 Å². The molecule has 6 heteroatoms. The minimum Gasteiger partial charge on any atom is -0.377 e. The van der Waals surface area contributed by atoms with Crippen molar-refractivity contribution in [2.45, 2.75) is 6.04 Å². The zero-order valence-electron chi connectivity index (χ0n) is 10.3. The van der Waals surface area contributed by atoms with E-state index in [2.05, 4.69) is 21.2 Å². The van der Waals surface area contributed by atoms with Gasteiger partial charge in [-0.05, 0) is 51.8 Å². The minimum atomic E-state index is -0.446. The summed E-state index contributed by atoms with van der Waals surface area (Å²) in [6.45, 7) is 0.343. The van der Waals surface area contributed by atoms with Crippen molar-refractivity contribution < 1.29 is 4.39 Å². The number of hydrogen-bond acceptors (Lipinski definition) is 2. The van der Waals surface area contributed by atoms with Crippen LogP contribution in [0.3, 0.4) is 0 Å². The summed E-state index contributed by atoms with van der Waals surface area (Å²) in [5.74, 6) is -0.446. The maximum absolute atomic E-state index is 13.2. The maximum atomic E-state index is 13.2. The van der Waals surface area contributed by atoms with Gasteiger partial charge in [-0.1, -0.05) is 29.3 Å². The van der Waals surface area contributed by atoms with Crippen LogP contribution in [0.25, 0.3) is 0 Å². The smallest absolute Gasteiger partial charge is 0.141 e. The van der Waals surface area contributed by atoms with Crippen molar-refractivity contribution in [1.29, 1.82) is 0 Å². The van der Waals surface area contributed by atoms with E-state index >= 15 is 0 Å². The second kappa shape index (κ2) is 6.76. The molecule has 0 bridgehead atoms. The molecule has 0 saturated carbocycles. The van der Waals surface area contributed by atoms with E-state index in [1.165, 1.54) is 6.07 Å². The van der Waals surface area contributed by atoms with Crippen LogP contribution in [0.4, 0.5) is 10.1 Å². The first-order chi connectivity index (χ1) is 9.51. The Morgan fingerprint density at radius 2 is 1.90 bits per heavy atom. The lowest BCUT2D eigenvalue weighted by Gasteiger charge is -2.19. The van der Waals surface area contributed by atoms with E-state index < -0.39 is 5.82 Å². The SMILES string of the molecule is NCC(Nc1ccc(Br)c(Cl)c1)c1ccc(F)c(Cl)c1. The highest BCUT2D eigenvalue weighted by atomic mass is 79.9. The van der Waals surface area contributed by atoms with Crippen molar-refractivity contribution in [3.63, 3.8) is 0 Å². The van der Waals surface area contributed by atoms with Gasteiger partial charge in [-0.15, -0.1) is 0 Å². The summed E-state index contributed by atoms with van der Waals surface area (Å²) >= 11 is 15.2. The molecule has 0 aliphatic carbocycles. The quantitative estimate of drug-likeness (QED) is 0.786. The molecule has 0 aromatic heterocycles. The minimum absolute atomic E-state index is 0.0802. The van der Waals surface area contributed by atoms with Crippen LogP contribution < -0.4 is 11.1 Å². The van der Waals surface area contributed by atoms with Crippen molar-refractivity contribution >= 4 is 44.8 Å². The van der Waals surface area contributed by atoms with Gasteiger partial charge >= 0.3 is 0 Å². The van der Waals surface area contributed by atoms with Gasteiger partial charge in [0, 0.05) is 16.7 Å². The van der Waals surface area contributed by atoms with Crippen LogP contribution in [0.5, 0.6) is 0 Å². The largest absolute Gasteiger partial charge is 0.377 e. The van der Waals surface area contributed by atoms with Gasteiger partial charge in [0.2, 0.25) is 0 Å². The van der Waals surface area contributed by atoms with Gasteiger partial charge in [-0.3, -0.25) is 0 Å². The molecule has 2 aromatic rings. The molecule has 0 aliphatic rings. The van der Waals surface area contributed by atoms with Crippen molar-refractivity contribution in [1.82, 2.24) is 0 Å². The third-order valence-electron chi connectivity index (χ3n) is 2.84. The normalized spacial score (nSPS) is 12.2. The molecule has 0 fully saturated rings. The van der Waals surface area contributed by atoms with E-state index in [-0.39, 0.29) is 11.1 Å². The topological polar surface area (TPSA) is 38.0 Å². The molecule has 2 aromatic carbocycles. The van der Waals surface area contributed by atoms with Crippen molar-refractivity contribution in [3.05, 3.63) is 62.3 Å². The van der Waals surface area contributed by atoms with E-state index in [0.717, 1.165) is 15.7 Å². The molecular weight excluding hydrogens is 366 g/mol. The Hall–Kier alpha value is -0.810. The van der Waals surface area contributed by atoms with E-state index in [0.29, 0.717) is 11.6 Å². The van der Waals surface area contributed by atoms with E-state index in [1.807, 2.05) is 12.1 Å². The number of nitrogens with one attached hydrogen (secondary N) is 1. The summed E-state index contributed by atoms with van der Waals surface area (Å²) in [6.07, 6.45) is 0. The lowest BCUT2D eigenvalue weighted by Crippen LogP contribution is -2.20. The van der Waals surface area contributed by atoms with Gasteiger partial charge in [0.1, 0.15) is 5.82 Å². The van der Waals surface area contributed by atoms with E-state index in [1.54, 1.807) is 18.2 Å². The number of anilines is 1. The molecule has 106 valence electrons. The van der Waals surface area contributed by atoms with Gasteiger partial charge in [-0.2, -0.15) is 0 Å². The van der Waals surface area contributed by atoms with Crippen LogP contribution in [0.2, 0.25) is 10.0 Å². The molecule has 0 amide bonds. The Labute approximate surface area is 135 Å². The monoisotopic (exact) mass is 376 g/mol. The van der Waals surface area contributed by atoms with Crippen LogP contribution in [-0.4, -0.2) is 6.54 Å². The van der Waals surface area contributed by atoms with Gasteiger partial charge in [-0.25, -0.2) is 4.39 Å². The van der Waals surface area contributed by atoms with Crippen LogP contribution in [0.1, 0.15) is 11.6 Å². The Kier molecular flexibility index (Phi) is 5.27. The molecule has 0 heterocycles. The number of halogens is 4. The van der Waals surface area contributed by atoms with Gasteiger partial charge < -0.3 is 11.1 Å². The first kappa shape index (κ1) is 15.6. The molecular formula is C14H12BrCl2FN2. The van der Waals surface area contributed by atoms with Gasteiger partial charge in [0.05, 0.1) is 16.1 Å². The predicted molar refractivity (Wildman–Crippen MR) is 86.0 cm³/mol. The molecule has 2 nitrogen and oxygen atoms in total. The summed E-state index contributed by atoms with van der Waals surface area (Å²) in [5.41, 5.74) is 7.41. The maximum Gasteiger partial charge on any atom is 0.141 e. The number of nitrogens with two attached hydrogens (primary N) is 1. The van der Waals surface area contributed by atoms with Crippen LogP contribution >= 0.6 is 39.1 Å². The van der Waals surface area contributed by atoms with Crippen molar-refractivity contribution in [3.8, 4) is 0 Å².